The monoisotopic (exact) mass is 280 g/mol. The zero-order valence-electron chi connectivity index (χ0n) is 7.86. The quantitative estimate of drug-likeness (QED) is 0.778. The molecular weight excluding hydrogens is 273 g/mol. The molecule has 0 aliphatic rings. The fourth-order valence-electron chi connectivity index (χ4n) is 1.09. The van der Waals surface area contributed by atoms with Gasteiger partial charge in [-0.2, -0.15) is 0 Å². The van der Waals surface area contributed by atoms with Gasteiger partial charge in [0.25, 0.3) is 0 Å². The lowest BCUT2D eigenvalue weighted by molar-refractivity contribution is -0.116. The molecule has 0 bridgehead atoms. The SMILES string of the molecule is CC(=O)C(Br)Cc1c(F)cc(F)cc1F. The lowest BCUT2D eigenvalue weighted by Gasteiger charge is -2.08. The summed E-state index contributed by atoms with van der Waals surface area (Å²) < 4.78 is 38.8. The van der Waals surface area contributed by atoms with Crippen molar-refractivity contribution in [3.8, 4) is 0 Å². The lowest BCUT2D eigenvalue weighted by atomic mass is 10.1. The van der Waals surface area contributed by atoms with Crippen LogP contribution in [0.1, 0.15) is 12.5 Å². The summed E-state index contributed by atoms with van der Waals surface area (Å²) in [5, 5.41) is 0. The summed E-state index contributed by atoms with van der Waals surface area (Å²) in [5.74, 6) is -3.16. The van der Waals surface area contributed by atoms with Crippen molar-refractivity contribution in [3.63, 3.8) is 0 Å². The molecule has 15 heavy (non-hydrogen) atoms. The zero-order chi connectivity index (χ0) is 11.6. The van der Waals surface area contributed by atoms with E-state index in [9.17, 15) is 18.0 Å². The van der Waals surface area contributed by atoms with Crippen LogP contribution < -0.4 is 0 Å². The van der Waals surface area contributed by atoms with Crippen molar-refractivity contribution >= 4 is 21.7 Å². The highest BCUT2D eigenvalue weighted by atomic mass is 79.9. The van der Waals surface area contributed by atoms with E-state index >= 15 is 0 Å². The second kappa shape index (κ2) is 4.79. The fraction of sp³-hybridized carbons (Fsp3) is 0.300. The average Bonchev–Trinajstić information content (AvgIpc) is 2.10. The number of hydrogen-bond donors (Lipinski definition) is 0. The molecule has 0 saturated carbocycles. The number of hydrogen-bond acceptors (Lipinski definition) is 1. The van der Waals surface area contributed by atoms with Crippen LogP contribution in [0.2, 0.25) is 0 Å². The van der Waals surface area contributed by atoms with E-state index in [1.807, 2.05) is 0 Å². The lowest BCUT2D eigenvalue weighted by Crippen LogP contribution is -2.15. The molecule has 0 saturated heterocycles. The van der Waals surface area contributed by atoms with E-state index in [-0.39, 0.29) is 17.8 Å². The summed E-state index contributed by atoms with van der Waals surface area (Å²) in [6.45, 7) is 1.30. The van der Waals surface area contributed by atoms with Crippen molar-refractivity contribution in [2.24, 2.45) is 0 Å². The molecule has 0 spiro atoms. The minimum atomic E-state index is -0.974. The molecule has 1 aromatic rings. The predicted octanol–water partition coefficient (Wildman–Crippen LogP) is 3.00. The summed E-state index contributed by atoms with van der Waals surface area (Å²) in [6, 6.07) is 1.19. The van der Waals surface area contributed by atoms with Crippen molar-refractivity contribution in [1.29, 1.82) is 0 Å². The maximum atomic E-state index is 13.1. The van der Waals surface area contributed by atoms with Gasteiger partial charge in [0, 0.05) is 17.7 Å². The van der Waals surface area contributed by atoms with Crippen LogP contribution in [0, 0.1) is 17.5 Å². The largest absolute Gasteiger partial charge is 0.299 e. The Kier molecular flexibility index (Phi) is 3.90. The van der Waals surface area contributed by atoms with Crippen LogP contribution in [0.5, 0.6) is 0 Å². The molecule has 1 aromatic carbocycles. The maximum Gasteiger partial charge on any atom is 0.143 e. The van der Waals surface area contributed by atoms with Crippen LogP contribution in [0.25, 0.3) is 0 Å². The third-order valence-corrected chi connectivity index (χ3v) is 2.90. The third kappa shape index (κ3) is 3.06. The second-order valence-electron chi connectivity index (χ2n) is 3.13. The van der Waals surface area contributed by atoms with Crippen LogP contribution in [0.15, 0.2) is 12.1 Å². The van der Waals surface area contributed by atoms with E-state index < -0.39 is 22.3 Å². The molecular formula is C10H8BrF3O. The van der Waals surface area contributed by atoms with Gasteiger partial charge in [-0.05, 0) is 13.3 Å². The van der Waals surface area contributed by atoms with Crippen LogP contribution in [-0.2, 0) is 11.2 Å². The number of ketones is 1. The number of alkyl halides is 1. The summed E-state index contributed by atoms with van der Waals surface area (Å²) in [4.78, 5) is 10.2. The average molecular weight is 281 g/mol. The van der Waals surface area contributed by atoms with Crippen molar-refractivity contribution in [2.45, 2.75) is 18.2 Å². The van der Waals surface area contributed by atoms with Crippen molar-refractivity contribution in [1.82, 2.24) is 0 Å². The van der Waals surface area contributed by atoms with Crippen LogP contribution >= 0.6 is 15.9 Å². The minimum absolute atomic E-state index is 0.132. The standard InChI is InChI=1S/C10H8BrF3O/c1-5(15)8(11)4-7-9(13)2-6(12)3-10(7)14/h2-3,8H,4H2,1H3. The van der Waals surface area contributed by atoms with E-state index in [1.165, 1.54) is 6.92 Å². The Morgan fingerprint density at radius 1 is 1.33 bits per heavy atom. The Morgan fingerprint density at radius 3 is 2.20 bits per heavy atom. The molecule has 0 aromatic heterocycles. The Morgan fingerprint density at radius 2 is 1.80 bits per heavy atom. The van der Waals surface area contributed by atoms with Gasteiger partial charge < -0.3 is 0 Å². The van der Waals surface area contributed by atoms with E-state index in [4.69, 9.17) is 0 Å². The Balaban J connectivity index is 3.00. The van der Waals surface area contributed by atoms with Crippen LogP contribution in [-0.4, -0.2) is 10.6 Å². The highest BCUT2D eigenvalue weighted by Crippen LogP contribution is 2.19. The van der Waals surface area contributed by atoms with Gasteiger partial charge >= 0.3 is 0 Å². The van der Waals surface area contributed by atoms with Gasteiger partial charge in [0.2, 0.25) is 0 Å². The molecule has 5 heteroatoms. The number of Topliss-reactive ketones (excluding diaryl/α,β-unsaturated/α-hetero) is 1. The summed E-state index contributed by atoms with van der Waals surface area (Å²) in [7, 11) is 0. The normalized spacial score (nSPS) is 12.6. The van der Waals surface area contributed by atoms with Gasteiger partial charge in [0.15, 0.2) is 0 Å². The van der Waals surface area contributed by atoms with E-state index in [1.54, 1.807) is 0 Å². The Bertz CT molecular complexity index is 369. The molecule has 0 fully saturated rings. The van der Waals surface area contributed by atoms with E-state index in [0.717, 1.165) is 0 Å². The molecule has 0 aliphatic heterocycles. The zero-order valence-corrected chi connectivity index (χ0v) is 9.45. The molecule has 1 atom stereocenters. The molecule has 0 N–H and O–H groups in total. The first kappa shape index (κ1) is 12.2. The molecule has 82 valence electrons. The number of rotatable bonds is 3. The summed E-state index contributed by atoms with van der Waals surface area (Å²) in [6.07, 6.45) is -0.132. The van der Waals surface area contributed by atoms with E-state index in [0.29, 0.717) is 12.1 Å². The van der Waals surface area contributed by atoms with Gasteiger partial charge in [-0.1, -0.05) is 15.9 Å². The topological polar surface area (TPSA) is 17.1 Å². The maximum absolute atomic E-state index is 13.1. The highest BCUT2D eigenvalue weighted by molar-refractivity contribution is 9.10. The van der Waals surface area contributed by atoms with Gasteiger partial charge in [0.05, 0.1) is 4.83 Å². The Hall–Kier alpha value is -0.840. The van der Waals surface area contributed by atoms with Gasteiger partial charge in [-0.15, -0.1) is 0 Å². The number of carbonyl (C=O) groups is 1. The minimum Gasteiger partial charge on any atom is -0.299 e. The van der Waals surface area contributed by atoms with Gasteiger partial charge in [-0.3, -0.25) is 4.79 Å². The molecule has 1 rings (SSSR count). The number of halogens is 4. The Labute approximate surface area is 93.4 Å². The first-order valence-electron chi connectivity index (χ1n) is 4.19. The molecule has 1 unspecified atom stereocenters. The third-order valence-electron chi connectivity index (χ3n) is 1.93. The van der Waals surface area contributed by atoms with Crippen LogP contribution in [0.4, 0.5) is 13.2 Å². The van der Waals surface area contributed by atoms with Gasteiger partial charge in [-0.25, -0.2) is 13.2 Å². The van der Waals surface area contributed by atoms with Crippen molar-refractivity contribution in [2.75, 3.05) is 0 Å². The van der Waals surface area contributed by atoms with Crippen molar-refractivity contribution in [3.05, 3.63) is 35.1 Å². The molecule has 0 heterocycles. The number of benzene rings is 1. The van der Waals surface area contributed by atoms with Gasteiger partial charge in [0.1, 0.15) is 23.2 Å². The fourth-order valence-corrected chi connectivity index (χ4v) is 1.41. The highest BCUT2D eigenvalue weighted by Gasteiger charge is 2.17. The number of carbonyl (C=O) groups excluding carboxylic acids is 1. The molecule has 0 radical (unpaired) electrons. The molecule has 0 aliphatic carbocycles. The second-order valence-corrected chi connectivity index (χ2v) is 4.24. The summed E-state index contributed by atoms with van der Waals surface area (Å²) in [5.41, 5.74) is -0.284. The van der Waals surface area contributed by atoms with E-state index in [2.05, 4.69) is 15.9 Å². The smallest absolute Gasteiger partial charge is 0.143 e. The predicted molar refractivity (Wildman–Crippen MR) is 53.4 cm³/mol. The molecule has 0 amide bonds. The summed E-state index contributed by atoms with van der Waals surface area (Å²) >= 11 is 2.99. The first-order chi connectivity index (χ1) is 6.91. The van der Waals surface area contributed by atoms with Crippen LogP contribution in [0.3, 0.4) is 0 Å². The molecule has 1 nitrogen and oxygen atoms in total. The first-order valence-corrected chi connectivity index (χ1v) is 5.11. The van der Waals surface area contributed by atoms with Crippen molar-refractivity contribution < 1.29 is 18.0 Å².